The molecule has 0 N–H and O–H groups in total. The third-order valence-corrected chi connectivity index (χ3v) is 5.23. The third-order valence-electron chi connectivity index (χ3n) is 3.47. The van der Waals surface area contributed by atoms with Gasteiger partial charge in [-0.2, -0.15) is 0 Å². The van der Waals surface area contributed by atoms with Crippen molar-refractivity contribution in [3.63, 3.8) is 0 Å². The molecule has 142 valence electrons. The van der Waals surface area contributed by atoms with Crippen molar-refractivity contribution in [2.75, 3.05) is 6.54 Å². The number of allylic oxidation sites excluding steroid dienone is 9. The topological polar surface area (TPSA) is 37.4 Å². The van der Waals surface area contributed by atoms with Gasteiger partial charge in [-0.15, -0.1) is 0 Å². The summed E-state index contributed by atoms with van der Waals surface area (Å²) in [5, 5.41) is 0. The summed E-state index contributed by atoms with van der Waals surface area (Å²) in [4.78, 5) is 0.157. The molecule has 0 amide bonds. The van der Waals surface area contributed by atoms with Crippen LogP contribution in [0.25, 0.3) is 0 Å². The Kier molecular flexibility index (Phi) is 8.96. The van der Waals surface area contributed by atoms with Gasteiger partial charge in [0.25, 0.3) is 10.0 Å². The van der Waals surface area contributed by atoms with E-state index in [1.165, 1.54) is 12.3 Å². The van der Waals surface area contributed by atoms with Gasteiger partial charge in [0, 0.05) is 6.20 Å². The van der Waals surface area contributed by atoms with Crippen LogP contribution in [-0.2, 0) is 10.0 Å². The van der Waals surface area contributed by atoms with E-state index in [1.54, 1.807) is 54.6 Å². The summed E-state index contributed by atoms with van der Waals surface area (Å²) in [7, 11) is -3.79. The van der Waals surface area contributed by atoms with Gasteiger partial charge in [0.1, 0.15) is 5.83 Å². The molecule has 5 heteroatoms. The molecule has 27 heavy (non-hydrogen) atoms. The van der Waals surface area contributed by atoms with Gasteiger partial charge in [0.15, 0.2) is 0 Å². The minimum atomic E-state index is -3.79. The van der Waals surface area contributed by atoms with Gasteiger partial charge in [-0.3, -0.25) is 4.31 Å². The van der Waals surface area contributed by atoms with Gasteiger partial charge in [-0.25, -0.2) is 12.8 Å². The summed E-state index contributed by atoms with van der Waals surface area (Å²) in [6.07, 6.45) is 13.2. The molecular formula is C22H24FNO2S. The second-order valence-corrected chi connectivity index (χ2v) is 7.38. The normalized spacial score (nSPS) is 13.1. The smallest absolute Gasteiger partial charge is 0.264 e. The molecule has 0 saturated carbocycles. The average Bonchev–Trinajstić information content (AvgIpc) is 2.65. The first-order valence-corrected chi connectivity index (χ1v) is 9.65. The van der Waals surface area contributed by atoms with E-state index in [9.17, 15) is 12.8 Å². The van der Waals surface area contributed by atoms with Crippen molar-refractivity contribution in [2.24, 2.45) is 0 Å². The highest BCUT2D eigenvalue weighted by Crippen LogP contribution is 2.17. The molecule has 0 heterocycles. The zero-order chi connectivity index (χ0) is 20.3. The van der Waals surface area contributed by atoms with Gasteiger partial charge in [-0.05, 0) is 42.9 Å². The van der Waals surface area contributed by atoms with Crippen molar-refractivity contribution in [1.29, 1.82) is 0 Å². The van der Waals surface area contributed by atoms with E-state index in [0.29, 0.717) is 0 Å². The van der Waals surface area contributed by atoms with E-state index in [0.717, 1.165) is 27.6 Å². The van der Waals surface area contributed by atoms with Crippen molar-refractivity contribution in [3.05, 3.63) is 116 Å². The SMILES string of the molecule is C=C/C=C(C=C)/C=C/CN(/C=C/C=C(/F)C=C)S(=O)(=O)c1ccc(C)cc1. The minimum absolute atomic E-state index is 0.0680. The maximum Gasteiger partial charge on any atom is 0.264 e. The monoisotopic (exact) mass is 385 g/mol. The van der Waals surface area contributed by atoms with Crippen molar-refractivity contribution in [3.8, 4) is 0 Å². The Bertz CT molecular complexity index is 889. The summed E-state index contributed by atoms with van der Waals surface area (Å²) in [6, 6.07) is 6.54. The molecule has 0 bridgehead atoms. The second-order valence-electron chi connectivity index (χ2n) is 5.49. The molecule has 0 aromatic heterocycles. The third kappa shape index (κ3) is 7.07. The van der Waals surface area contributed by atoms with Gasteiger partial charge < -0.3 is 0 Å². The van der Waals surface area contributed by atoms with Gasteiger partial charge >= 0.3 is 0 Å². The fourth-order valence-corrected chi connectivity index (χ4v) is 3.27. The fourth-order valence-electron chi connectivity index (χ4n) is 2.00. The molecule has 0 saturated heterocycles. The standard InChI is InChI=1S/C22H24FNO2S/c1-5-10-20(6-2)11-8-17-24(18-9-12-21(23)7-3)27(25,26)22-15-13-19(4)14-16-22/h5-16,18H,1-3,17H2,4H3/b11-8+,18-9+,20-10+,21-12+. The number of hydrogen-bond donors (Lipinski definition) is 0. The van der Waals surface area contributed by atoms with Crippen molar-refractivity contribution >= 4 is 10.0 Å². The quantitative estimate of drug-likeness (QED) is 0.506. The first-order valence-electron chi connectivity index (χ1n) is 8.21. The van der Waals surface area contributed by atoms with E-state index in [-0.39, 0.29) is 11.4 Å². The highest BCUT2D eigenvalue weighted by Gasteiger charge is 2.20. The van der Waals surface area contributed by atoms with Crippen LogP contribution in [0.1, 0.15) is 5.56 Å². The average molecular weight is 386 g/mol. The highest BCUT2D eigenvalue weighted by atomic mass is 32.2. The zero-order valence-corrected chi connectivity index (χ0v) is 16.2. The van der Waals surface area contributed by atoms with Gasteiger partial charge in [-0.1, -0.05) is 67.8 Å². The van der Waals surface area contributed by atoms with Crippen LogP contribution in [0.4, 0.5) is 4.39 Å². The Hall–Kier alpha value is -2.92. The zero-order valence-electron chi connectivity index (χ0n) is 15.4. The summed E-state index contributed by atoms with van der Waals surface area (Å²) in [6.45, 7) is 12.6. The molecule has 0 radical (unpaired) electrons. The van der Waals surface area contributed by atoms with Crippen LogP contribution >= 0.6 is 0 Å². The first-order chi connectivity index (χ1) is 12.8. The van der Waals surface area contributed by atoms with Crippen LogP contribution in [-0.4, -0.2) is 19.3 Å². The summed E-state index contributed by atoms with van der Waals surface area (Å²) in [5.41, 5.74) is 1.75. The number of rotatable bonds is 10. The molecule has 1 rings (SSSR count). The molecule has 0 aliphatic carbocycles. The first kappa shape index (κ1) is 22.1. The molecule has 3 nitrogen and oxygen atoms in total. The molecule has 1 aromatic rings. The predicted octanol–water partition coefficient (Wildman–Crippen LogP) is 5.39. The van der Waals surface area contributed by atoms with Crippen LogP contribution in [0, 0.1) is 6.92 Å². The Morgan fingerprint density at radius 1 is 1.11 bits per heavy atom. The summed E-state index contributed by atoms with van der Waals surface area (Å²) >= 11 is 0. The number of hydrogen-bond acceptors (Lipinski definition) is 2. The van der Waals surface area contributed by atoms with E-state index < -0.39 is 15.9 Å². The lowest BCUT2D eigenvalue weighted by Crippen LogP contribution is -2.26. The molecule has 0 aliphatic rings. The van der Waals surface area contributed by atoms with Crippen LogP contribution in [0.5, 0.6) is 0 Å². The lowest BCUT2D eigenvalue weighted by molar-refractivity contribution is 0.522. The molecule has 0 atom stereocenters. The van der Waals surface area contributed by atoms with E-state index in [4.69, 9.17) is 0 Å². The van der Waals surface area contributed by atoms with Gasteiger partial charge in [0.2, 0.25) is 0 Å². The summed E-state index contributed by atoms with van der Waals surface area (Å²) < 4.78 is 40.2. The van der Waals surface area contributed by atoms with Crippen LogP contribution in [0.3, 0.4) is 0 Å². The molecular weight excluding hydrogens is 361 g/mol. The number of nitrogens with zero attached hydrogens (tertiary/aromatic N) is 1. The van der Waals surface area contributed by atoms with Crippen LogP contribution < -0.4 is 0 Å². The van der Waals surface area contributed by atoms with Crippen molar-refractivity contribution < 1.29 is 12.8 Å². The Morgan fingerprint density at radius 2 is 1.78 bits per heavy atom. The largest absolute Gasteiger partial charge is 0.270 e. The molecule has 0 aliphatic heterocycles. The number of benzene rings is 1. The number of aryl methyl sites for hydroxylation is 1. The highest BCUT2D eigenvalue weighted by molar-refractivity contribution is 7.89. The van der Waals surface area contributed by atoms with Crippen LogP contribution in [0.15, 0.2) is 115 Å². The summed E-state index contributed by atoms with van der Waals surface area (Å²) in [5.74, 6) is -0.558. The molecule has 1 aromatic carbocycles. The van der Waals surface area contributed by atoms with Crippen molar-refractivity contribution in [2.45, 2.75) is 11.8 Å². The maximum atomic E-state index is 13.2. The lowest BCUT2D eigenvalue weighted by Gasteiger charge is -2.19. The Morgan fingerprint density at radius 3 is 2.33 bits per heavy atom. The fraction of sp³-hybridized carbons (Fsp3) is 0.0909. The second kappa shape index (κ2) is 10.9. The van der Waals surface area contributed by atoms with E-state index >= 15 is 0 Å². The number of sulfonamides is 1. The van der Waals surface area contributed by atoms with Crippen LogP contribution in [0.2, 0.25) is 0 Å². The molecule has 0 unspecified atom stereocenters. The minimum Gasteiger partial charge on any atom is -0.270 e. The van der Waals surface area contributed by atoms with Gasteiger partial charge in [0.05, 0.1) is 11.4 Å². The Balaban J connectivity index is 3.20. The molecule has 0 spiro atoms. The van der Waals surface area contributed by atoms with Crippen molar-refractivity contribution in [1.82, 2.24) is 4.31 Å². The van der Waals surface area contributed by atoms with E-state index in [2.05, 4.69) is 19.7 Å². The lowest BCUT2D eigenvalue weighted by atomic mass is 10.2. The molecule has 0 fully saturated rings. The maximum absolute atomic E-state index is 13.2. The van der Waals surface area contributed by atoms with E-state index in [1.807, 2.05) is 6.92 Å². The predicted molar refractivity (Wildman–Crippen MR) is 111 cm³/mol. The Labute approximate surface area is 161 Å². The number of halogens is 1.